The highest BCUT2D eigenvalue weighted by Crippen LogP contribution is 2.22. The fraction of sp³-hybridized carbons (Fsp3) is 0.571. The molecule has 0 bridgehead atoms. The quantitative estimate of drug-likeness (QED) is 0.554. The molecule has 3 heteroatoms. The summed E-state index contributed by atoms with van der Waals surface area (Å²) in [6.45, 7) is 1.97. The lowest BCUT2D eigenvalue weighted by Crippen LogP contribution is -2.23. The molecule has 3 nitrogen and oxygen atoms in total. The van der Waals surface area contributed by atoms with Crippen molar-refractivity contribution in [2.45, 2.75) is 19.4 Å². The molecular formula is C7H11NO2. The summed E-state index contributed by atoms with van der Waals surface area (Å²) in [4.78, 5) is 10.4. The van der Waals surface area contributed by atoms with E-state index in [0.29, 0.717) is 11.5 Å². The molecule has 1 rings (SSSR count). The van der Waals surface area contributed by atoms with E-state index in [-0.39, 0.29) is 6.04 Å². The zero-order valence-corrected chi connectivity index (χ0v) is 5.87. The number of aliphatic carboxylic acids is 1. The van der Waals surface area contributed by atoms with E-state index in [2.05, 4.69) is 0 Å². The minimum absolute atomic E-state index is 0.257. The summed E-state index contributed by atoms with van der Waals surface area (Å²) in [6, 6.07) is -0.257. The van der Waals surface area contributed by atoms with Gasteiger partial charge in [0.2, 0.25) is 0 Å². The van der Waals surface area contributed by atoms with Crippen molar-refractivity contribution >= 4 is 5.97 Å². The van der Waals surface area contributed by atoms with Crippen LogP contribution < -0.4 is 5.73 Å². The first-order valence-corrected chi connectivity index (χ1v) is 3.32. The van der Waals surface area contributed by atoms with Gasteiger partial charge in [0.25, 0.3) is 0 Å². The van der Waals surface area contributed by atoms with Crippen LogP contribution in [0.15, 0.2) is 11.6 Å². The number of carboxylic acids is 1. The normalized spacial score (nSPS) is 32.0. The van der Waals surface area contributed by atoms with Crippen LogP contribution in [0.5, 0.6) is 0 Å². The van der Waals surface area contributed by atoms with Gasteiger partial charge in [-0.3, -0.25) is 0 Å². The summed E-state index contributed by atoms with van der Waals surface area (Å²) in [5.41, 5.74) is 5.89. The van der Waals surface area contributed by atoms with Crippen molar-refractivity contribution < 1.29 is 9.90 Å². The van der Waals surface area contributed by atoms with Crippen LogP contribution in [0.2, 0.25) is 0 Å². The van der Waals surface area contributed by atoms with Crippen LogP contribution in [0, 0.1) is 5.92 Å². The van der Waals surface area contributed by atoms with E-state index in [0.717, 1.165) is 6.42 Å². The fourth-order valence-corrected chi connectivity index (χ4v) is 1.26. The molecule has 0 radical (unpaired) electrons. The van der Waals surface area contributed by atoms with Crippen molar-refractivity contribution in [1.82, 2.24) is 0 Å². The maximum absolute atomic E-state index is 10.4. The Morgan fingerprint density at radius 1 is 1.90 bits per heavy atom. The third-order valence-corrected chi connectivity index (χ3v) is 1.74. The predicted molar refractivity (Wildman–Crippen MR) is 37.5 cm³/mol. The molecule has 0 fully saturated rings. The first-order valence-electron chi connectivity index (χ1n) is 3.32. The zero-order valence-electron chi connectivity index (χ0n) is 5.87. The predicted octanol–water partition coefficient (Wildman–Crippen LogP) is 0.365. The second kappa shape index (κ2) is 2.42. The van der Waals surface area contributed by atoms with Crippen molar-refractivity contribution in [2.24, 2.45) is 11.7 Å². The lowest BCUT2D eigenvalue weighted by atomic mass is 10.1. The van der Waals surface area contributed by atoms with Gasteiger partial charge < -0.3 is 10.8 Å². The largest absolute Gasteiger partial charge is 0.478 e. The smallest absolute Gasteiger partial charge is 0.332 e. The van der Waals surface area contributed by atoms with Crippen LogP contribution in [0.25, 0.3) is 0 Å². The minimum Gasteiger partial charge on any atom is -0.478 e. The van der Waals surface area contributed by atoms with Gasteiger partial charge in [0, 0.05) is 11.6 Å². The molecule has 0 aliphatic heterocycles. The summed E-state index contributed by atoms with van der Waals surface area (Å²) in [5, 5.41) is 8.55. The van der Waals surface area contributed by atoms with Crippen molar-refractivity contribution in [2.75, 3.05) is 0 Å². The maximum atomic E-state index is 10.4. The molecule has 0 saturated heterocycles. The summed E-state index contributed by atoms with van der Waals surface area (Å²) in [7, 11) is 0. The van der Waals surface area contributed by atoms with E-state index in [1.807, 2.05) is 6.92 Å². The highest BCUT2D eigenvalue weighted by Gasteiger charge is 2.24. The number of rotatable bonds is 1. The van der Waals surface area contributed by atoms with Gasteiger partial charge in [0.1, 0.15) is 0 Å². The Morgan fingerprint density at radius 2 is 2.50 bits per heavy atom. The second-order valence-electron chi connectivity index (χ2n) is 2.75. The lowest BCUT2D eigenvalue weighted by molar-refractivity contribution is -0.132. The van der Waals surface area contributed by atoms with Crippen molar-refractivity contribution in [3.05, 3.63) is 11.6 Å². The van der Waals surface area contributed by atoms with Gasteiger partial charge in [-0.25, -0.2) is 4.79 Å². The Bertz CT molecular complexity index is 186. The average molecular weight is 141 g/mol. The zero-order chi connectivity index (χ0) is 7.72. The Hall–Kier alpha value is -0.830. The standard InChI is InChI=1S/C7H11NO2/c1-4-2-5(7(9)10)6(8)3-4/h2,4,6H,3,8H2,1H3,(H,9,10)/t4-,6-/m0/s1. The number of carbonyl (C=O) groups is 1. The molecule has 0 spiro atoms. The third-order valence-electron chi connectivity index (χ3n) is 1.74. The van der Waals surface area contributed by atoms with E-state index in [1.165, 1.54) is 0 Å². The molecule has 0 unspecified atom stereocenters. The van der Waals surface area contributed by atoms with Crippen molar-refractivity contribution in [3.8, 4) is 0 Å². The molecule has 0 saturated carbocycles. The maximum Gasteiger partial charge on any atom is 0.332 e. The molecule has 10 heavy (non-hydrogen) atoms. The molecule has 1 aliphatic rings. The van der Waals surface area contributed by atoms with Gasteiger partial charge in [0.05, 0.1) is 0 Å². The second-order valence-corrected chi connectivity index (χ2v) is 2.75. The van der Waals surface area contributed by atoms with Crippen LogP contribution in [0.3, 0.4) is 0 Å². The molecule has 0 aromatic carbocycles. The molecule has 2 atom stereocenters. The Kier molecular flexibility index (Phi) is 1.76. The molecule has 0 aromatic rings. The van der Waals surface area contributed by atoms with E-state index in [9.17, 15) is 4.79 Å². The van der Waals surface area contributed by atoms with Gasteiger partial charge >= 0.3 is 5.97 Å². The number of nitrogens with two attached hydrogens (primary N) is 1. The lowest BCUT2D eigenvalue weighted by Gasteiger charge is -2.03. The van der Waals surface area contributed by atoms with E-state index < -0.39 is 5.97 Å². The average Bonchev–Trinajstić information content (AvgIpc) is 2.10. The van der Waals surface area contributed by atoms with Gasteiger partial charge in [0.15, 0.2) is 0 Å². The summed E-state index contributed by atoms with van der Waals surface area (Å²) in [5.74, 6) is -0.557. The van der Waals surface area contributed by atoms with Gasteiger partial charge in [-0.1, -0.05) is 13.0 Å². The molecule has 0 amide bonds. The molecular weight excluding hydrogens is 130 g/mol. The Morgan fingerprint density at radius 3 is 2.70 bits per heavy atom. The summed E-state index contributed by atoms with van der Waals surface area (Å²) < 4.78 is 0. The summed E-state index contributed by atoms with van der Waals surface area (Å²) >= 11 is 0. The van der Waals surface area contributed by atoms with Crippen molar-refractivity contribution in [1.29, 1.82) is 0 Å². The topological polar surface area (TPSA) is 63.3 Å². The fourth-order valence-electron chi connectivity index (χ4n) is 1.26. The SMILES string of the molecule is C[C@H]1C=C(C(=O)O)[C@@H](N)C1. The number of hydrogen-bond acceptors (Lipinski definition) is 2. The Labute approximate surface area is 59.5 Å². The molecule has 56 valence electrons. The Balaban J connectivity index is 2.75. The van der Waals surface area contributed by atoms with E-state index >= 15 is 0 Å². The van der Waals surface area contributed by atoms with Crippen molar-refractivity contribution in [3.63, 3.8) is 0 Å². The molecule has 3 N–H and O–H groups in total. The monoisotopic (exact) mass is 141 g/mol. The molecule has 1 aliphatic carbocycles. The minimum atomic E-state index is -0.878. The van der Waals surface area contributed by atoms with Gasteiger partial charge in [-0.2, -0.15) is 0 Å². The van der Waals surface area contributed by atoms with E-state index in [4.69, 9.17) is 10.8 Å². The van der Waals surface area contributed by atoms with Crippen LogP contribution in [-0.2, 0) is 4.79 Å². The number of carboxylic acid groups (broad SMARTS) is 1. The van der Waals surface area contributed by atoms with Crippen LogP contribution in [-0.4, -0.2) is 17.1 Å². The van der Waals surface area contributed by atoms with E-state index in [1.54, 1.807) is 6.08 Å². The third kappa shape index (κ3) is 1.19. The first kappa shape index (κ1) is 7.28. The highest BCUT2D eigenvalue weighted by atomic mass is 16.4. The molecule has 0 aromatic heterocycles. The van der Waals surface area contributed by atoms with Gasteiger partial charge in [-0.05, 0) is 12.3 Å². The number of hydrogen-bond donors (Lipinski definition) is 2. The molecule has 0 heterocycles. The van der Waals surface area contributed by atoms with Crippen LogP contribution in [0.4, 0.5) is 0 Å². The summed E-state index contributed by atoms with van der Waals surface area (Å²) in [6.07, 6.45) is 2.49. The highest BCUT2D eigenvalue weighted by molar-refractivity contribution is 5.88. The van der Waals surface area contributed by atoms with Crippen LogP contribution in [0.1, 0.15) is 13.3 Å². The first-order chi connectivity index (χ1) is 4.61. The van der Waals surface area contributed by atoms with Crippen LogP contribution >= 0.6 is 0 Å². The number of allylic oxidation sites excluding steroid dienone is 1. The van der Waals surface area contributed by atoms with Gasteiger partial charge in [-0.15, -0.1) is 0 Å².